The van der Waals surface area contributed by atoms with Crippen LogP contribution >= 0.6 is 11.6 Å². The predicted molar refractivity (Wildman–Crippen MR) is 136 cm³/mol. The van der Waals surface area contributed by atoms with Crippen molar-refractivity contribution >= 4 is 44.8 Å². The highest BCUT2D eigenvalue weighted by Gasteiger charge is 2.27. The Morgan fingerprint density at radius 3 is 2.14 bits per heavy atom. The van der Waals surface area contributed by atoms with E-state index in [0.29, 0.717) is 23.7 Å². The number of amides is 2. The molecule has 10 heteroatoms. The lowest BCUT2D eigenvalue weighted by molar-refractivity contribution is -0.117. The van der Waals surface area contributed by atoms with Gasteiger partial charge in [-0.1, -0.05) is 41.9 Å². The Morgan fingerprint density at radius 1 is 0.943 bits per heavy atom. The fourth-order valence-corrected chi connectivity index (χ4v) is 4.80. The van der Waals surface area contributed by atoms with Crippen molar-refractivity contribution in [2.75, 3.05) is 17.2 Å². The Bertz CT molecular complexity index is 1280. The minimum absolute atomic E-state index is 0.0866. The van der Waals surface area contributed by atoms with Crippen molar-refractivity contribution < 1.29 is 22.7 Å². The molecule has 0 unspecified atom stereocenters. The smallest absolute Gasteiger partial charge is 0.242 e. The summed E-state index contributed by atoms with van der Waals surface area (Å²) in [6.07, 6.45) is 0.126. The second-order valence-corrected chi connectivity index (χ2v) is 9.76. The largest absolute Gasteiger partial charge is 0.492 e. The summed E-state index contributed by atoms with van der Waals surface area (Å²) in [7, 11) is -4.09. The number of hydrogen-bond acceptors (Lipinski definition) is 5. The van der Waals surface area contributed by atoms with Gasteiger partial charge in [-0.25, -0.2) is 8.42 Å². The fraction of sp³-hybridized carbons (Fsp3) is 0.200. The van der Waals surface area contributed by atoms with Gasteiger partial charge in [0.05, 0.1) is 16.5 Å². The molecule has 2 amide bonds. The van der Waals surface area contributed by atoms with Gasteiger partial charge in [0.2, 0.25) is 21.8 Å². The van der Waals surface area contributed by atoms with Crippen LogP contribution in [0.2, 0.25) is 5.02 Å². The van der Waals surface area contributed by atoms with Crippen molar-refractivity contribution in [1.82, 2.24) is 4.72 Å². The Labute approximate surface area is 209 Å². The highest BCUT2D eigenvalue weighted by molar-refractivity contribution is 7.89. The summed E-state index contributed by atoms with van der Waals surface area (Å²) in [4.78, 5) is 24.3. The molecule has 184 valence electrons. The summed E-state index contributed by atoms with van der Waals surface area (Å²) < 4.78 is 34.1. The van der Waals surface area contributed by atoms with Crippen LogP contribution in [0, 0.1) is 0 Å². The van der Waals surface area contributed by atoms with Crippen molar-refractivity contribution in [2.24, 2.45) is 0 Å². The maximum atomic E-state index is 13.1. The molecule has 0 aliphatic rings. The van der Waals surface area contributed by atoms with E-state index in [1.54, 1.807) is 31.2 Å². The zero-order chi connectivity index (χ0) is 25.4. The first kappa shape index (κ1) is 26.2. The van der Waals surface area contributed by atoms with Gasteiger partial charge in [0.25, 0.3) is 0 Å². The molecule has 1 atom stereocenters. The zero-order valence-electron chi connectivity index (χ0n) is 19.2. The summed E-state index contributed by atoms with van der Waals surface area (Å²) in [5.74, 6) is -0.385. The minimum atomic E-state index is -4.09. The van der Waals surface area contributed by atoms with Gasteiger partial charge in [-0.3, -0.25) is 9.59 Å². The van der Waals surface area contributed by atoms with E-state index in [1.165, 1.54) is 25.1 Å². The van der Waals surface area contributed by atoms with E-state index < -0.39 is 22.0 Å². The van der Waals surface area contributed by atoms with Crippen molar-refractivity contribution in [2.45, 2.75) is 31.2 Å². The van der Waals surface area contributed by atoms with Gasteiger partial charge in [0.15, 0.2) is 0 Å². The molecule has 0 aliphatic carbocycles. The quantitative estimate of drug-likeness (QED) is 0.374. The van der Waals surface area contributed by atoms with E-state index in [-0.39, 0.29) is 22.2 Å². The standard InChI is InChI=1S/C25H26ClN3O5S/c1-3-34-24-14-13-21(16-22(24)26)35(32,33)29-23(15-18-7-5-4-6-8-18)25(31)28-20-11-9-19(10-12-20)27-17(2)30/h4-14,16,23,29H,3,15H2,1-2H3,(H,27,30)(H,28,31)/t23-/m1/s1. The van der Waals surface area contributed by atoms with Crippen molar-refractivity contribution in [3.63, 3.8) is 0 Å². The monoisotopic (exact) mass is 515 g/mol. The third kappa shape index (κ3) is 7.54. The number of carbonyl (C=O) groups is 2. The maximum absolute atomic E-state index is 13.1. The van der Waals surface area contributed by atoms with Crippen LogP contribution in [0.15, 0.2) is 77.7 Å². The van der Waals surface area contributed by atoms with Crippen LogP contribution in [0.5, 0.6) is 5.75 Å². The Kier molecular flexibility index (Phi) is 8.86. The lowest BCUT2D eigenvalue weighted by Crippen LogP contribution is -2.45. The second kappa shape index (κ2) is 11.8. The Hall–Kier alpha value is -3.40. The molecule has 0 bridgehead atoms. The molecule has 0 heterocycles. The number of anilines is 2. The molecule has 0 radical (unpaired) electrons. The van der Waals surface area contributed by atoms with Gasteiger partial charge >= 0.3 is 0 Å². The SMILES string of the molecule is CCOc1ccc(S(=O)(=O)N[C@H](Cc2ccccc2)C(=O)Nc2ccc(NC(C)=O)cc2)cc1Cl. The lowest BCUT2D eigenvalue weighted by atomic mass is 10.1. The minimum Gasteiger partial charge on any atom is -0.492 e. The van der Waals surface area contributed by atoms with E-state index >= 15 is 0 Å². The summed E-state index contributed by atoms with van der Waals surface area (Å²) >= 11 is 6.17. The average Bonchev–Trinajstić information content (AvgIpc) is 2.81. The van der Waals surface area contributed by atoms with E-state index in [2.05, 4.69) is 15.4 Å². The van der Waals surface area contributed by atoms with E-state index in [1.807, 2.05) is 30.3 Å². The zero-order valence-corrected chi connectivity index (χ0v) is 20.8. The highest BCUT2D eigenvalue weighted by Crippen LogP contribution is 2.27. The van der Waals surface area contributed by atoms with Gasteiger partial charge in [-0.05, 0) is 61.4 Å². The van der Waals surface area contributed by atoms with Gasteiger partial charge in [-0.2, -0.15) is 4.72 Å². The van der Waals surface area contributed by atoms with E-state index in [0.717, 1.165) is 5.56 Å². The molecule has 3 aromatic carbocycles. The number of carbonyl (C=O) groups excluding carboxylic acids is 2. The Morgan fingerprint density at radius 2 is 1.57 bits per heavy atom. The molecule has 0 fully saturated rings. The molecular weight excluding hydrogens is 490 g/mol. The predicted octanol–water partition coefficient (Wildman–Crippen LogP) is 4.23. The van der Waals surface area contributed by atoms with Gasteiger partial charge in [0.1, 0.15) is 11.8 Å². The molecule has 3 N–H and O–H groups in total. The summed E-state index contributed by atoms with van der Waals surface area (Å²) in [6, 6.07) is 18.6. The molecule has 0 aromatic heterocycles. The van der Waals surface area contributed by atoms with Crippen LogP contribution in [-0.2, 0) is 26.0 Å². The van der Waals surface area contributed by atoms with Crippen molar-refractivity contribution in [1.29, 1.82) is 0 Å². The number of benzene rings is 3. The van der Waals surface area contributed by atoms with E-state index in [4.69, 9.17) is 16.3 Å². The van der Waals surface area contributed by atoms with Crippen LogP contribution in [0.4, 0.5) is 11.4 Å². The third-order valence-electron chi connectivity index (χ3n) is 4.88. The normalized spacial score (nSPS) is 12.0. The first-order valence-electron chi connectivity index (χ1n) is 10.8. The van der Waals surface area contributed by atoms with Crippen molar-refractivity contribution in [3.8, 4) is 5.75 Å². The maximum Gasteiger partial charge on any atom is 0.242 e. The molecule has 8 nitrogen and oxygen atoms in total. The lowest BCUT2D eigenvalue weighted by Gasteiger charge is -2.19. The molecule has 0 spiro atoms. The number of ether oxygens (including phenoxy) is 1. The highest BCUT2D eigenvalue weighted by atomic mass is 35.5. The molecule has 35 heavy (non-hydrogen) atoms. The van der Waals surface area contributed by atoms with Crippen LogP contribution < -0.4 is 20.1 Å². The molecule has 0 saturated heterocycles. The van der Waals surface area contributed by atoms with Crippen LogP contribution in [0.3, 0.4) is 0 Å². The fourth-order valence-electron chi connectivity index (χ4n) is 3.28. The number of halogens is 1. The molecule has 0 saturated carbocycles. The summed E-state index contributed by atoms with van der Waals surface area (Å²) in [5.41, 5.74) is 1.80. The number of sulfonamides is 1. The van der Waals surface area contributed by atoms with Crippen LogP contribution in [-0.4, -0.2) is 32.9 Å². The molecular formula is C25H26ClN3O5S. The third-order valence-corrected chi connectivity index (χ3v) is 6.65. The van der Waals surface area contributed by atoms with Crippen molar-refractivity contribution in [3.05, 3.63) is 83.4 Å². The van der Waals surface area contributed by atoms with Gasteiger partial charge in [0, 0.05) is 18.3 Å². The van der Waals surface area contributed by atoms with Crippen LogP contribution in [0.25, 0.3) is 0 Å². The number of rotatable bonds is 10. The van der Waals surface area contributed by atoms with E-state index in [9.17, 15) is 18.0 Å². The topological polar surface area (TPSA) is 114 Å². The first-order chi connectivity index (χ1) is 16.7. The molecule has 3 rings (SSSR count). The molecule has 3 aromatic rings. The second-order valence-electron chi connectivity index (χ2n) is 7.64. The average molecular weight is 516 g/mol. The summed E-state index contributed by atoms with van der Waals surface area (Å²) in [6.45, 7) is 3.57. The van der Waals surface area contributed by atoms with Gasteiger partial charge in [-0.15, -0.1) is 0 Å². The summed E-state index contributed by atoms with van der Waals surface area (Å²) in [5, 5.41) is 5.52. The van der Waals surface area contributed by atoms with Crippen LogP contribution in [0.1, 0.15) is 19.4 Å². The number of hydrogen-bond donors (Lipinski definition) is 3. The Balaban J connectivity index is 1.83. The molecule has 0 aliphatic heterocycles. The first-order valence-corrected chi connectivity index (χ1v) is 12.7. The number of nitrogens with one attached hydrogen (secondary N) is 3. The van der Waals surface area contributed by atoms with Gasteiger partial charge < -0.3 is 15.4 Å².